The Balaban J connectivity index is 2.37. The zero-order chi connectivity index (χ0) is 10.8. The van der Waals surface area contributed by atoms with Gasteiger partial charge < -0.3 is 10.6 Å². The van der Waals surface area contributed by atoms with Gasteiger partial charge in [0.1, 0.15) is 5.82 Å². The van der Waals surface area contributed by atoms with Gasteiger partial charge >= 0.3 is 0 Å². The van der Waals surface area contributed by atoms with E-state index in [0.717, 1.165) is 17.7 Å². The minimum atomic E-state index is -0.264. The Bertz CT molecular complexity index is 381. The van der Waals surface area contributed by atoms with Gasteiger partial charge in [-0.05, 0) is 31.0 Å². The number of hydrogen-bond donors (Lipinski definition) is 2. The largest absolute Gasteiger partial charge is 0.382 e. The highest BCUT2D eigenvalue weighted by atomic mass is 19.1. The average molecular weight is 208 g/mol. The highest BCUT2D eigenvalue weighted by Crippen LogP contribution is 2.32. The van der Waals surface area contributed by atoms with E-state index in [4.69, 9.17) is 0 Å². The number of hydrogen-bond acceptors (Lipinski definition) is 2. The van der Waals surface area contributed by atoms with E-state index in [1.54, 1.807) is 6.07 Å². The molecule has 80 valence electrons. The van der Waals surface area contributed by atoms with E-state index >= 15 is 0 Å². The van der Waals surface area contributed by atoms with Gasteiger partial charge in [0.2, 0.25) is 6.41 Å². The molecule has 1 aromatic rings. The molecule has 0 unspecified atom stereocenters. The van der Waals surface area contributed by atoms with Crippen LogP contribution in [0.1, 0.15) is 24.9 Å². The lowest BCUT2D eigenvalue weighted by molar-refractivity contribution is -0.110. The van der Waals surface area contributed by atoms with Gasteiger partial charge in [-0.25, -0.2) is 4.39 Å². The van der Waals surface area contributed by atoms with E-state index in [1.165, 1.54) is 12.1 Å². The van der Waals surface area contributed by atoms with Crippen molar-refractivity contribution < 1.29 is 9.18 Å². The maximum absolute atomic E-state index is 13.0. The number of nitrogens with one attached hydrogen (secondary N) is 2. The summed E-state index contributed by atoms with van der Waals surface area (Å²) in [6.07, 6.45) is 1.51. The fourth-order valence-electron chi connectivity index (χ4n) is 2.00. The summed E-state index contributed by atoms with van der Waals surface area (Å²) in [7, 11) is 0. The number of fused-ring (bicyclic) bond motifs is 1. The fraction of sp³-hybridized carbons (Fsp3) is 0.364. The van der Waals surface area contributed by atoms with Crippen molar-refractivity contribution in [3.63, 3.8) is 0 Å². The molecule has 3 nitrogen and oxygen atoms in total. The molecule has 0 saturated carbocycles. The number of amides is 1. The molecule has 4 heteroatoms. The second-order valence-corrected chi connectivity index (χ2v) is 3.85. The Hall–Kier alpha value is -1.58. The maximum atomic E-state index is 13.0. The van der Waals surface area contributed by atoms with Crippen LogP contribution in [0.3, 0.4) is 0 Å². The smallest absolute Gasteiger partial charge is 0.207 e. The summed E-state index contributed by atoms with van der Waals surface area (Å²) in [5.74, 6) is -0.264. The van der Waals surface area contributed by atoms with Crippen molar-refractivity contribution in [3.05, 3.63) is 29.6 Å². The average Bonchev–Trinajstić information content (AvgIpc) is 2.17. The van der Waals surface area contributed by atoms with Crippen molar-refractivity contribution in [3.8, 4) is 0 Å². The molecule has 1 aliphatic heterocycles. The van der Waals surface area contributed by atoms with Crippen LogP contribution in [0.2, 0.25) is 0 Å². The predicted molar refractivity (Wildman–Crippen MR) is 56.0 cm³/mol. The van der Waals surface area contributed by atoms with Gasteiger partial charge in [-0.3, -0.25) is 4.79 Å². The van der Waals surface area contributed by atoms with E-state index in [0.29, 0.717) is 6.41 Å². The van der Waals surface area contributed by atoms with Gasteiger partial charge in [-0.1, -0.05) is 6.07 Å². The summed E-state index contributed by atoms with van der Waals surface area (Å²) >= 11 is 0. The van der Waals surface area contributed by atoms with Crippen LogP contribution in [0.15, 0.2) is 18.2 Å². The fourth-order valence-corrected chi connectivity index (χ4v) is 2.00. The number of carbonyl (C=O) groups excluding carboxylic acids is 1. The summed E-state index contributed by atoms with van der Waals surface area (Å²) < 4.78 is 13.0. The van der Waals surface area contributed by atoms with Crippen molar-refractivity contribution >= 4 is 12.1 Å². The van der Waals surface area contributed by atoms with E-state index in [2.05, 4.69) is 10.6 Å². The van der Waals surface area contributed by atoms with Crippen LogP contribution in [0.4, 0.5) is 10.1 Å². The van der Waals surface area contributed by atoms with Crippen LogP contribution in [-0.2, 0) is 4.79 Å². The molecule has 1 aromatic carbocycles. The zero-order valence-electron chi connectivity index (χ0n) is 8.46. The molecule has 1 amide bonds. The summed E-state index contributed by atoms with van der Waals surface area (Å²) in [6.45, 7) is 2.01. The van der Waals surface area contributed by atoms with Gasteiger partial charge in [-0.15, -0.1) is 0 Å². The Kier molecular flexibility index (Phi) is 2.58. The monoisotopic (exact) mass is 208 g/mol. The third-order valence-electron chi connectivity index (χ3n) is 2.65. The molecule has 0 spiro atoms. The SMILES string of the molecule is C[C@H]1C[C@@H](NC=O)c2ccc(F)cc2N1. The van der Waals surface area contributed by atoms with Crippen LogP contribution < -0.4 is 10.6 Å². The molecule has 2 N–H and O–H groups in total. The standard InChI is InChI=1S/C11H13FN2O/c1-7-4-10(13-6-15)9-3-2-8(12)5-11(9)14-7/h2-3,5-7,10,14H,4H2,1H3,(H,13,15)/t7-,10+/m0/s1. The predicted octanol–water partition coefficient (Wildman–Crippen LogP) is 1.82. The molecule has 0 saturated heterocycles. The lowest BCUT2D eigenvalue weighted by atomic mass is 9.94. The molecule has 1 aliphatic rings. The first-order chi connectivity index (χ1) is 7.20. The van der Waals surface area contributed by atoms with Crippen molar-refractivity contribution in [2.45, 2.75) is 25.4 Å². The van der Waals surface area contributed by atoms with Crippen molar-refractivity contribution in [1.82, 2.24) is 5.32 Å². The number of anilines is 1. The van der Waals surface area contributed by atoms with E-state index in [1.807, 2.05) is 6.92 Å². The molecule has 0 aliphatic carbocycles. The lowest BCUT2D eigenvalue weighted by Crippen LogP contribution is -2.32. The van der Waals surface area contributed by atoms with Crippen molar-refractivity contribution in [2.75, 3.05) is 5.32 Å². The number of carbonyl (C=O) groups is 1. The maximum Gasteiger partial charge on any atom is 0.207 e. The second-order valence-electron chi connectivity index (χ2n) is 3.85. The summed E-state index contributed by atoms with van der Waals surface area (Å²) in [5.41, 5.74) is 1.72. The summed E-state index contributed by atoms with van der Waals surface area (Å²) in [6, 6.07) is 4.80. The van der Waals surface area contributed by atoms with Gasteiger partial charge in [0.05, 0.1) is 6.04 Å². The highest BCUT2D eigenvalue weighted by molar-refractivity contribution is 5.58. The first kappa shape index (κ1) is 9.96. The lowest BCUT2D eigenvalue weighted by Gasteiger charge is -2.30. The van der Waals surface area contributed by atoms with Crippen LogP contribution in [-0.4, -0.2) is 12.5 Å². The molecule has 0 aromatic heterocycles. The zero-order valence-corrected chi connectivity index (χ0v) is 8.46. The number of benzene rings is 1. The van der Waals surface area contributed by atoms with Crippen molar-refractivity contribution in [2.24, 2.45) is 0 Å². The van der Waals surface area contributed by atoms with Gasteiger partial charge in [-0.2, -0.15) is 0 Å². The van der Waals surface area contributed by atoms with Crippen LogP contribution >= 0.6 is 0 Å². The van der Waals surface area contributed by atoms with E-state index < -0.39 is 0 Å². The Labute approximate surface area is 87.7 Å². The third kappa shape index (κ3) is 1.93. The topological polar surface area (TPSA) is 41.1 Å². The Morgan fingerprint density at radius 2 is 2.40 bits per heavy atom. The second kappa shape index (κ2) is 3.88. The molecule has 2 atom stereocenters. The third-order valence-corrected chi connectivity index (χ3v) is 2.65. The van der Waals surface area contributed by atoms with E-state index in [-0.39, 0.29) is 17.9 Å². The number of halogens is 1. The van der Waals surface area contributed by atoms with Crippen LogP contribution in [0.5, 0.6) is 0 Å². The first-order valence-corrected chi connectivity index (χ1v) is 4.96. The molecule has 1 heterocycles. The molecule has 15 heavy (non-hydrogen) atoms. The first-order valence-electron chi connectivity index (χ1n) is 4.96. The normalized spacial score (nSPS) is 23.9. The minimum Gasteiger partial charge on any atom is -0.382 e. The van der Waals surface area contributed by atoms with Crippen LogP contribution in [0.25, 0.3) is 0 Å². The van der Waals surface area contributed by atoms with E-state index in [9.17, 15) is 9.18 Å². The van der Waals surface area contributed by atoms with Gasteiger partial charge in [0.15, 0.2) is 0 Å². The molecular weight excluding hydrogens is 195 g/mol. The molecule has 0 fully saturated rings. The summed E-state index contributed by atoms with van der Waals surface area (Å²) in [4.78, 5) is 10.5. The minimum absolute atomic E-state index is 0.0191. The Morgan fingerprint density at radius 3 is 3.13 bits per heavy atom. The Morgan fingerprint density at radius 1 is 1.60 bits per heavy atom. The van der Waals surface area contributed by atoms with Crippen LogP contribution in [0, 0.1) is 5.82 Å². The number of rotatable bonds is 2. The highest BCUT2D eigenvalue weighted by Gasteiger charge is 2.23. The van der Waals surface area contributed by atoms with Crippen molar-refractivity contribution in [1.29, 1.82) is 0 Å². The molecule has 0 radical (unpaired) electrons. The molecule has 0 bridgehead atoms. The molecular formula is C11H13FN2O. The van der Waals surface area contributed by atoms with Gasteiger partial charge in [0.25, 0.3) is 0 Å². The quantitative estimate of drug-likeness (QED) is 0.728. The molecule has 2 rings (SSSR count). The summed E-state index contributed by atoms with van der Waals surface area (Å²) in [5, 5.41) is 5.94. The van der Waals surface area contributed by atoms with Gasteiger partial charge in [0, 0.05) is 11.7 Å².